The molecule has 1 fully saturated rings. The predicted molar refractivity (Wildman–Crippen MR) is 51.6 cm³/mol. The first kappa shape index (κ1) is 9.21. The molecule has 0 aromatic carbocycles. The Kier molecular flexibility index (Phi) is 2.03. The molecular formula is C9H14N4O. The fourth-order valence-electron chi connectivity index (χ4n) is 1.84. The van der Waals surface area contributed by atoms with Crippen LogP contribution >= 0.6 is 0 Å². The van der Waals surface area contributed by atoms with Gasteiger partial charge in [-0.2, -0.15) is 5.10 Å². The molecule has 1 atom stereocenters. The molecular weight excluding hydrogens is 180 g/mol. The molecule has 0 saturated carbocycles. The van der Waals surface area contributed by atoms with Gasteiger partial charge in [-0.3, -0.25) is 14.8 Å². The molecule has 5 heteroatoms. The van der Waals surface area contributed by atoms with Crippen molar-refractivity contribution in [3.63, 3.8) is 0 Å². The van der Waals surface area contributed by atoms with Crippen LogP contribution in [0.2, 0.25) is 0 Å². The van der Waals surface area contributed by atoms with Gasteiger partial charge in [-0.15, -0.1) is 0 Å². The van der Waals surface area contributed by atoms with Crippen molar-refractivity contribution in [3.05, 3.63) is 17.0 Å². The first-order valence-corrected chi connectivity index (χ1v) is 4.62. The summed E-state index contributed by atoms with van der Waals surface area (Å²) in [5.41, 5.74) is 3.13. The van der Waals surface area contributed by atoms with Crippen LogP contribution in [0.4, 0.5) is 0 Å². The molecule has 0 spiro atoms. The summed E-state index contributed by atoms with van der Waals surface area (Å²) in [7, 11) is 1.91. The van der Waals surface area contributed by atoms with E-state index in [2.05, 4.69) is 15.7 Å². The van der Waals surface area contributed by atoms with Gasteiger partial charge in [-0.25, -0.2) is 0 Å². The number of nitrogens with zero attached hydrogens (tertiary/aromatic N) is 2. The Morgan fingerprint density at radius 1 is 1.50 bits per heavy atom. The van der Waals surface area contributed by atoms with Crippen LogP contribution in [0.25, 0.3) is 0 Å². The van der Waals surface area contributed by atoms with Gasteiger partial charge in [0, 0.05) is 18.3 Å². The normalized spacial score (nSPS) is 21.4. The fourth-order valence-corrected chi connectivity index (χ4v) is 1.84. The zero-order valence-electron chi connectivity index (χ0n) is 8.59. The second-order valence-corrected chi connectivity index (χ2v) is 3.59. The maximum absolute atomic E-state index is 11.1. The van der Waals surface area contributed by atoms with Crippen molar-refractivity contribution < 1.29 is 4.79 Å². The maximum Gasteiger partial charge on any atom is 0.235 e. The number of hydrogen-bond donors (Lipinski definition) is 2. The molecule has 2 rings (SSSR count). The quantitative estimate of drug-likeness (QED) is 0.648. The molecule has 0 bridgehead atoms. The average molecular weight is 194 g/mol. The summed E-state index contributed by atoms with van der Waals surface area (Å²) in [5.74, 6) is 0.0395. The Morgan fingerprint density at radius 3 is 2.64 bits per heavy atom. The highest BCUT2D eigenvalue weighted by molar-refractivity contribution is 5.80. The highest BCUT2D eigenvalue weighted by Crippen LogP contribution is 2.20. The Balaban J connectivity index is 2.36. The van der Waals surface area contributed by atoms with Gasteiger partial charge < -0.3 is 5.32 Å². The van der Waals surface area contributed by atoms with Crippen LogP contribution in [0.3, 0.4) is 0 Å². The van der Waals surface area contributed by atoms with E-state index in [0.717, 1.165) is 17.0 Å². The number of aromatic nitrogens is 2. The summed E-state index contributed by atoms with van der Waals surface area (Å²) in [5, 5.41) is 10.3. The third-order valence-electron chi connectivity index (χ3n) is 2.63. The first-order chi connectivity index (χ1) is 6.59. The summed E-state index contributed by atoms with van der Waals surface area (Å²) in [6.07, 6.45) is -0.0730. The minimum Gasteiger partial charge on any atom is -0.335 e. The van der Waals surface area contributed by atoms with Gasteiger partial charge in [0.05, 0.1) is 12.2 Å². The highest BCUT2D eigenvalue weighted by Gasteiger charge is 2.26. The van der Waals surface area contributed by atoms with E-state index >= 15 is 0 Å². The zero-order valence-corrected chi connectivity index (χ0v) is 8.59. The topological polar surface area (TPSA) is 59.0 Å². The lowest BCUT2D eigenvalue weighted by atomic mass is 10.1. The summed E-state index contributed by atoms with van der Waals surface area (Å²) in [4.78, 5) is 11.1. The fraction of sp³-hybridized carbons (Fsp3) is 0.556. The van der Waals surface area contributed by atoms with Gasteiger partial charge in [-0.1, -0.05) is 0 Å². The number of carbonyl (C=O) groups is 1. The first-order valence-electron chi connectivity index (χ1n) is 4.62. The lowest BCUT2D eigenvalue weighted by Gasteiger charge is -2.10. The highest BCUT2D eigenvalue weighted by atomic mass is 16.2. The van der Waals surface area contributed by atoms with E-state index in [1.165, 1.54) is 0 Å². The Bertz CT molecular complexity index is 382. The van der Waals surface area contributed by atoms with E-state index in [-0.39, 0.29) is 12.1 Å². The van der Waals surface area contributed by atoms with E-state index in [9.17, 15) is 4.79 Å². The SMILES string of the molecule is Cc1nn(C)c(C)c1C1NCC(=O)N1. The monoisotopic (exact) mass is 194 g/mol. The standard InChI is InChI=1S/C9H14N4O/c1-5-8(6(2)13(3)12-5)9-10-4-7(14)11-9/h9-10H,4H2,1-3H3,(H,11,14). The second kappa shape index (κ2) is 3.09. The van der Waals surface area contributed by atoms with Crippen molar-refractivity contribution in [2.24, 2.45) is 7.05 Å². The molecule has 2 heterocycles. The van der Waals surface area contributed by atoms with Crippen LogP contribution in [0.15, 0.2) is 0 Å². The van der Waals surface area contributed by atoms with E-state index in [4.69, 9.17) is 0 Å². The maximum atomic E-state index is 11.1. The van der Waals surface area contributed by atoms with Gasteiger partial charge in [-0.05, 0) is 13.8 Å². The number of hydrogen-bond acceptors (Lipinski definition) is 3. The molecule has 1 aliphatic heterocycles. The van der Waals surface area contributed by atoms with E-state index in [0.29, 0.717) is 6.54 Å². The molecule has 5 nitrogen and oxygen atoms in total. The molecule has 1 aromatic heterocycles. The van der Waals surface area contributed by atoms with Crippen molar-refractivity contribution in [2.75, 3.05) is 6.54 Å². The Labute approximate surface area is 82.5 Å². The summed E-state index contributed by atoms with van der Waals surface area (Å²) < 4.78 is 1.83. The van der Waals surface area contributed by atoms with Crippen LogP contribution in [-0.4, -0.2) is 22.2 Å². The predicted octanol–water partition coefficient (Wildman–Crippen LogP) is -0.245. The van der Waals surface area contributed by atoms with Gasteiger partial charge >= 0.3 is 0 Å². The average Bonchev–Trinajstić information content (AvgIpc) is 2.60. The van der Waals surface area contributed by atoms with Crippen LogP contribution in [0.1, 0.15) is 23.1 Å². The number of rotatable bonds is 1. The summed E-state index contributed by atoms with van der Waals surface area (Å²) in [6, 6.07) is 0. The second-order valence-electron chi connectivity index (χ2n) is 3.59. The van der Waals surface area contributed by atoms with Gasteiger partial charge in [0.2, 0.25) is 5.91 Å². The smallest absolute Gasteiger partial charge is 0.235 e. The third kappa shape index (κ3) is 1.29. The minimum absolute atomic E-state index is 0.0395. The molecule has 0 aliphatic carbocycles. The number of nitrogens with one attached hydrogen (secondary N) is 2. The molecule has 1 unspecified atom stereocenters. The van der Waals surface area contributed by atoms with Crippen molar-refractivity contribution in [3.8, 4) is 0 Å². The number of aryl methyl sites for hydroxylation is 2. The Morgan fingerprint density at radius 2 is 2.21 bits per heavy atom. The lowest BCUT2D eigenvalue weighted by molar-refractivity contribution is -0.118. The van der Waals surface area contributed by atoms with Crippen LogP contribution in [-0.2, 0) is 11.8 Å². The third-order valence-corrected chi connectivity index (χ3v) is 2.63. The van der Waals surface area contributed by atoms with E-state index in [1.54, 1.807) is 0 Å². The van der Waals surface area contributed by atoms with E-state index in [1.807, 2.05) is 25.6 Å². The summed E-state index contributed by atoms with van der Waals surface area (Å²) in [6.45, 7) is 4.34. The zero-order chi connectivity index (χ0) is 10.3. The van der Waals surface area contributed by atoms with Crippen molar-refractivity contribution in [2.45, 2.75) is 20.0 Å². The minimum atomic E-state index is -0.0730. The van der Waals surface area contributed by atoms with Crippen LogP contribution < -0.4 is 10.6 Å². The van der Waals surface area contributed by atoms with Gasteiger partial charge in [0.1, 0.15) is 6.17 Å². The molecule has 1 aromatic rings. The molecule has 1 amide bonds. The molecule has 1 saturated heterocycles. The molecule has 14 heavy (non-hydrogen) atoms. The number of amides is 1. The lowest BCUT2D eigenvalue weighted by Crippen LogP contribution is -2.23. The van der Waals surface area contributed by atoms with Gasteiger partial charge in [0.15, 0.2) is 0 Å². The van der Waals surface area contributed by atoms with Crippen LogP contribution in [0, 0.1) is 13.8 Å². The van der Waals surface area contributed by atoms with E-state index < -0.39 is 0 Å². The largest absolute Gasteiger partial charge is 0.335 e. The number of carbonyl (C=O) groups excluding carboxylic acids is 1. The molecule has 2 N–H and O–H groups in total. The molecule has 76 valence electrons. The summed E-state index contributed by atoms with van der Waals surface area (Å²) >= 11 is 0. The van der Waals surface area contributed by atoms with Crippen molar-refractivity contribution in [1.82, 2.24) is 20.4 Å². The molecule has 1 aliphatic rings. The Hall–Kier alpha value is -1.36. The van der Waals surface area contributed by atoms with Gasteiger partial charge in [0.25, 0.3) is 0 Å². The van der Waals surface area contributed by atoms with Crippen LogP contribution in [0.5, 0.6) is 0 Å². The van der Waals surface area contributed by atoms with Crippen molar-refractivity contribution >= 4 is 5.91 Å². The van der Waals surface area contributed by atoms with Crippen molar-refractivity contribution in [1.29, 1.82) is 0 Å². The molecule has 0 radical (unpaired) electrons.